The number of hydrogen-bond donors (Lipinski definition) is 0. The van der Waals surface area contributed by atoms with Crippen molar-refractivity contribution in [2.75, 3.05) is 5.75 Å². The molecular weight excluding hydrogens is 304 g/mol. The Hall–Kier alpha value is -1.36. The first-order chi connectivity index (χ1) is 11.4. The lowest BCUT2D eigenvalue weighted by atomic mass is 10.1. The Morgan fingerprint density at radius 2 is 1.78 bits per heavy atom. The highest BCUT2D eigenvalue weighted by Gasteiger charge is 2.29. The fraction of sp³-hybridized carbons (Fsp3) is 0.611. The van der Waals surface area contributed by atoms with Crippen LogP contribution in [0.1, 0.15) is 64.3 Å². The first kappa shape index (κ1) is 16.5. The van der Waals surface area contributed by atoms with Crippen molar-refractivity contribution in [2.24, 2.45) is 0 Å². The molecule has 2 heterocycles. The van der Waals surface area contributed by atoms with Gasteiger partial charge in [0.1, 0.15) is 0 Å². The van der Waals surface area contributed by atoms with Gasteiger partial charge in [-0.2, -0.15) is 0 Å². The molecule has 0 bridgehead atoms. The van der Waals surface area contributed by atoms with E-state index >= 15 is 0 Å². The quantitative estimate of drug-likeness (QED) is 0.447. The summed E-state index contributed by atoms with van der Waals surface area (Å²) in [4.78, 5) is 4.10. The summed E-state index contributed by atoms with van der Waals surface area (Å²) in [6, 6.07) is 4.64. The van der Waals surface area contributed by atoms with E-state index in [9.17, 15) is 0 Å². The van der Waals surface area contributed by atoms with Gasteiger partial charge in [0.05, 0.1) is 0 Å². The second kappa shape index (κ2) is 8.48. The number of pyridine rings is 1. The summed E-state index contributed by atoms with van der Waals surface area (Å²) in [6.45, 7) is 2.26. The Balaban J connectivity index is 1.57. The fourth-order valence-corrected chi connectivity index (χ4v) is 3.79. The van der Waals surface area contributed by atoms with E-state index in [1.807, 2.05) is 36.3 Å². The summed E-state index contributed by atoms with van der Waals surface area (Å²) in [5.74, 6) is 2.15. The Kier molecular flexibility index (Phi) is 6.08. The molecule has 0 amide bonds. The lowest BCUT2D eigenvalue weighted by molar-refractivity contribution is 0.625. The van der Waals surface area contributed by atoms with Crippen LogP contribution in [0.4, 0.5) is 0 Å². The fourth-order valence-electron chi connectivity index (χ4n) is 2.78. The van der Waals surface area contributed by atoms with Gasteiger partial charge in [-0.15, -0.1) is 10.2 Å². The van der Waals surface area contributed by atoms with Crippen molar-refractivity contribution >= 4 is 11.8 Å². The molecule has 23 heavy (non-hydrogen) atoms. The molecule has 0 N–H and O–H groups in total. The second-order valence-corrected chi connectivity index (χ2v) is 7.32. The van der Waals surface area contributed by atoms with E-state index in [2.05, 4.69) is 26.7 Å². The molecule has 1 saturated carbocycles. The second-order valence-electron chi connectivity index (χ2n) is 6.26. The van der Waals surface area contributed by atoms with Gasteiger partial charge in [0.15, 0.2) is 11.0 Å². The van der Waals surface area contributed by atoms with Crippen LogP contribution in [0.3, 0.4) is 0 Å². The molecule has 0 spiro atoms. The van der Waals surface area contributed by atoms with E-state index in [-0.39, 0.29) is 0 Å². The van der Waals surface area contributed by atoms with Crippen molar-refractivity contribution in [1.82, 2.24) is 19.7 Å². The predicted octanol–water partition coefficient (Wildman–Crippen LogP) is 5.13. The average Bonchev–Trinajstić information content (AvgIpc) is 3.34. The molecule has 0 radical (unpaired) electrons. The Bertz CT molecular complexity index is 592. The molecule has 0 unspecified atom stereocenters. The molecule has 1 aliphatic rings. The summed E-state index contributed by atoms with van der Waals surface area (Å²) in [6.07, 6.45) is 14.2. The van der Waals surface area contributed by atoms with Crippen molar-refractivity contribution in [3.63, 3.8) is 0 Å². The van der Waals surface area contributed by atoms with Crippen LogP contribution in [0.5, 0.6) is 0 Å². The zero-order valence-electron chi connectivity index (χ0n) is 13.9. The number of nitrogens with zero attached hydrogens (tertiary/aromatic N) is 4. The zero-order chi connectivity index (χ0) is 15.9. The van der Waals surface area contributed by atoms with Crippen molar-refractivity contribution < 1.29 is 0 Å². The van der Waals surface area contributed by atoms with E-state index < -0.39 is 0 Å². The lowest BCUT2D eigenvalue weighted by Crippen LogP contribution is -2.00. The molecule has 1 fully saturated rings. The van der Waals surface area contributed by atoms with Crippen LogP contribution in [-0.4, -0.2) is 25.5 Å². The monoisotopic (exact) mass is 330 g/mol. The van der Waals surface area contributed by atoms with Gasteiger partial charge >= 0.3 is 0 Å². The number of unbranched alkanes of at least 4 members (excludes halogenated alkanes) is 5. The van der Waals surface area contributed by atoms with Gasteiger partial charge < -0.3 is 0 Å². The molecule has 2 aromatic heterocycles. The number of hydrogen-bond acceptors (Lipinski definition) is 4. The topological polar surface area (TPSA) is 43.6 Å². The summed E-state index contributed by atoms with van der Waals surface area (Å²) >= 11 is 1.87. The van der Waals surface area contributed by atoms with Gasteiger partial charge in [-0.1, -0.05) is 50.8 Å². The third-order valence-corrected chi connectivity index (χ3v) is 5.27. The van der Waals surface area contributed by atoms with Crippen molar-refractivity contribution in [1.29, 1.82) is 0 Å². The van der Waals surface area contributed by atoms with E-state index in [0.717, 1.165) is 22.3 Å². The summed E-state index contributed by atoms with van der Waals surface area (Å²) in [5, 5.41) is 10.00. The maximum Gasteiger partial charge on any atom is 0.191 e. The number of rotatable bonds is 10. The van der Waals surface area contributed by atoms with Gasteiger partial charge in [0, 0.05) is 29.8 Å². The average molecular weight is 331 g/mol. The predicted molar refractivity (Wildman–Crippen MR) is 95.6 cm³/mol. The van der Waals surface area contributed by atoms with Crippen LogP contribution in [0.2, 0.25) is 0 Å². The van der Waals surface area contributed by atoms with Gasteiger partial charge in [0.2, 0.25) is 0 Å². The minimum absolute atomic E-state index is 0.597. The minimum atomic E-state index is 0.597. The molecule has 2 aromatic rings. The highest BCUT2D eigenvalue weighted by molar-refractivity contribution is 7.99. The first-order valence-corrected chi connectivity index (χ1v) is 9.87. The van der Waals surface area contributed by atoms with E-state index in [0.29, 0.717) is 6.04 Å². The largest absolute Gasteiger partial charge is 0.299 e. The Morgan fingerprint density at radius 3 is 2.52 bits per heavy atom. The highest BCUT2D eigenvalue weighted by Crippen LogP contribution is 2.41. The van der Waals surface area contributed by atoms with Crippen molar-refractivity contribution in [3.8, 4) is 11.4 Å². The van der Waals surface area contributed by atoms with E-state index in [4.69, 9.17) is 0 Å². The number of thioether (sulfide) groups is 1. The van der Waals surface area contributed by atoms with Crippen LogP contribution in [-0.2, 0) is 0 Å². The van der Waals surface area contributed by atoms with E-state index in [1.165, 1.54) is 51.4 Å². The lowest BCUT2D eigenvalue weighted by Gasteiger charge is -2.08. The van der Waals surface area contributed by atoms with Gasteiger partial charge in [-0.3, -0.25) is 9.55 Å². The van der Waals surface area contributed by atoms with Crippen LogP contribution in [0, 0.1) is 0 Å². The minimum Gasteiger partial charge on any atom is -0.299 e. The van der Waals surface area contributed by atoms with Gasteiger partial charge in [0.25, 0.3) is 0 Å². The summed E-state index contributed by atoms with van der Waals surface area (Å²) in [5.41, 5.74) is 1.12. The standard InChI is InChI=1S/C18H26N4S/c1-2-3-4-5-6-7-14-23-18-21-20-17(22(18)16-8-9-16)15-10-12-19-13-11-15/h10-13,16H,2-9,14H2,1H3. The summed E-state index contributed by atoms with van der Waals surface area (Å²) < 4.78 is 2.34. The van der Waals surface area contributed by atoms with Crippen LogP contribution < -0.4 is 0 Å². The van der Waals surface area contributed by atoms with Crippen LogP contribution >= 0.6 is 11.8 Å². The molecule has 1 aliphatic carbocycles. The maximum absolute atomic E-state index is 4.46. The molecular formula is C18H26N4S. The Morgan fingerprint density at radius 1 is 1.04 bits per heavy atom. The molecule has 3 rings (SSSR count). The van der Waals surface area contributed by atoms with Crippen LogP contribution in [0.25, 0.3) is 11.4 Å². The van der Waals surface area contributed by atoms with Crippen LogP contribution in [0.15, 0.2) is 29.7 Å². The summed E-state index contributed by atoms with van der Waals surface area (Å²) in [7, 11) is 0. The molecule has 0 saturated heterocycles. The Labute approximate surface area is 143 Å². The number of aromatic nitrogens is 4. The SMILES string of the molecule is CCCCCCCCSc1nnc(-c2ccncc2)n1C1CC1. The zero-order valence-corrected chi connectivity index (χ0v) is 14.8. The van der Waals surface area contributed by atoms with Gasteiger partial charge in [-0.05, 0) is 31.4 Å². The normalized spacial score (nSPS) is 14.3. The molecule has 0 aliphatic heterocycles. The smallest absolute Gasteiger partial charge is 0.191 e. The van der Waals surface area contributed by atoms with E-state index in [1.54, 1.807) is 0 Å². The molecule has 5 heteroatoms. The van der Waals surface area contributed by atoms with Gasteiger partial charge in [-0.25, -0.2) is 0 Å². The highest BCUT2D eigenvalue weighted by atomic mass is 32.2. The molecule has 0 aromatic carbocycles. The third kappa shape index (κ3) is 4.56. The third-order valence-electron chi connectivity index (χ3n) is 4.24. The molecule has 124 valence electrons. The maximum atomic E-state index is 4.46. The molecule has 0 atom stereocenters. The van der Waals surface area contributed by atoms with Crippen molar-refractivity contribution in [3.05, 3.63) is 24.5 Å². The molecule has 4 nitrogen and oxygen atoms in total. The first-order valence-electron chi connectivity index (χ1n) is 8.88. The van der Waals surface area contributed by atoms with Crippen molar-refractivity contribution in [2.45, 2.75) is 69.5 Å².